The van der Waals surface area contributed by atoms with Crippen molar-refractivity contribution in [1.29, 1.82) is 0 Å². The summed E-state index contributed by atoms with van der Waals surface area (Å²) < 4.78 is 38.4. The molecule has 0 N–H and O–H groups in total. The number of nitrogens with zero attached hydrogens (tertiary/aromatic N) is 6. The average Bonchev–Trinajstić information content (AvgIpc) is 4.02. The van der Waals surface area contributed by atoms with Crippen molar-refractivity contribution in [3.05, 3.63) is 75.3 Å². The van der Waals surface area contributed by atoms with Crippen molar-refractivity contribution < 1.29 is 18.3 Å². The molecule has 3 aromatic heterocycles. The zero-order valence-electron chi connectivity index (χ0n) is 30.8. The van der Waals surface area contributed by atoms with Crippen molar-refractivity contribution in [2.45, 2.75) is 102 Å². The van der Waals surface area contributed by atoms with Gasteiger partial charge in [-0.25, -0.2) is 18.7 Å². The van der Waals surface area contributed by atoms with E-state index in [1.165, 1.54) is 23.5 Å². The lowest BCUT2D eigenvalue weighted by Crippen LogP contribution is -2.51. The number of ether oxygens (including phenoxy) is 1. The highest BCUT2D eigenvalue weighted by Crippen LogP contribution is 2.44. The first kappa shape index (κ1) is 35.3. The van der Waals surface area contributed by atoms with Gasteiger partial charge < -0.3 is 9.64 Å². The Hall–Kier alpha value is -3.74. The molecule has 8 rings (SSSR count). The summed E-state index contributed by atoms with van der Waals surface area (Å²) in [6.45, 7) is 12.8. The Morgan fingerprint density at radius 3 is 2.46 bits per heavy atom. The number of carbonyl (C=O) groups is 1. The van der Waals surface area contributed by atoms with Gasteiger partial charge in [0.25, 0.3) is 11.5 Å². The van der Waals surface area contributed by atoms with E-state index in [-0.39, 0.29) is 36.9 Å². The third kappa shape index (κ3) is 7.39. The molecule has 1 aromatic carbocycles. The summed E-state index contributed by atoms with van der Waals surface area (Å²) in [7, 11) is -1.33. The molecule has 2 aliphatic heterocycles. The smallest absolute Gasteiger partial charge is 0.282 e. The van der Waals surface area contributed by atoms with Crippen LogP contribution in [0.2, 0.25) is 25.7 Å². The molecule has 0 spiro atoms. The number of piperidine rings is 1. The number of hydrogen-bond acceptors (Lipinski definition) is 6. The van der Waals surface area contributed by atoms with Crippen LogP contribution in [0.25, 0.3) is 28.0 Å². The van der Waals surface area contributed by atoms with Crippen molar-refractivity contribution in [3.8, 4) is 16.9 Å². The van der Waals surface area contributed by atoms with E-state index >= 15 is 0 Å². The van der Waals surface area contributed by atoms with E-state index in [0.717, 1.165) is 73.8 Å². The zero-order chi connectivity index (χ0) is 36.3. The third-order valence-electron chi connectivity index (χ3n) is 11.1. The standard InChI is InChI=1S/C40H50F2N6O3Si/c1-25-6-5-13-45(19-25)23-36-44-37-33(26-7-8-26)22-47(40(50)38(37)48(36)24-51-14-15-52(2,3)4)35-17-28(16-34(43-35)27-9-10-27)31-12-11-29(41)18-32(31)39(49)46-20-30(42)21-46/h11-12,16-18,22,25-27,30H,5-10,13-15,19-21,23-24H2,1-4H3/t25-/m0/s1. The van der Waals surface area contributed by atoms with Gasteiger partial charge in [0.05, 0.1) is 30.7 Å². The maximum absolute atomic E-state index is 14.9. The number of benzene rings is 1. The fourth-order valence-corrected chi connectivity index (χ4v) is 8.44. The van der Waals surface area contributed by atoms with E-state index in [2.05, 4.69) is 31.5 Å². The van der Waals surface area contributed by atoms with Gasteiger partial charge in [-0.1, -0.05) is 32.6 Å². The van der Waals surface area contributed by atoms with Crippen LogP contribution in [0.15, 0.2) is 41.3 Å². The second kappa shape index (κ2) is 13.9. The molecule has 1 amide bonds. The molecule has 0 bridgehead atoms. The minimum Gasteiger partial charge on any atom is -0.361 e. The van der Waals surface area contributed by atoms with E-state index < -0.39 is 26.0 Å². The van der Waals surface area contributed by atoms with E-state index in [4.69, 9.17) is 14.7 Å². The molecule has 4 aliphatic rings. The number of carbonyl (C=O) groups excluding carboxylic acids is 1. The van der Waals surface area contributed by atoms with Gasteiger partial charge in [-0.05, 0) is 98.3 Å². The van der Waals surface area contributed by atoms with Crippen molar-refractivity contribution in [2.24, 2.45) is 5.92 Å². The van der Waals surface area contributed by atoms with Crippen molar-refractivity contribution in [2.75, 3.05) is 32.8 Å². The molecule has 0 unspecified atom stereocenters. The van der Waals surface area contributed by atoms with Crippen LogP contribution in [0.1, 0.15) is 84.7 Å². The predicted molar refractivity (Wildman–Crippen MR) is 201 cm³/mol. The normalized spacial score (nSPS) is 20.1. The average molecular weight is 729 g/mol. The Labute approximate surface area is 305 Å². The number of hydrogen-bond donors (Lipinski definition) is 0. The highest BCUT2D eigenvalue weighted by Gasteiger charge is 2.34. The second-order valence-corrected chi connectivity index (χ2v) is 22.5. The van der Waals surface area contributed by atoms with Gasteiger partial charge in [-0.2, -0.15) is 0 Å². The Bertz CT molecular complexity index is 2060. The topological polar surface area (TPSA) is 85.5 Å². The molecule has 52 heavy (non-hydrogen) atoms. The summed E-state index contributed by atoms with van der Waals surface area (Å²) in [5, 5.41) is 0. The van der Waals surface area contributed by atoms with E-state index in [9.17, 15) is 18.4 Å². The quantitative estimate of drug-likeness (QED) is 0.111. The Morgan fingerprint density at radius 1 is 1.00 bits per heavy atom. The first-order valence-corrected chi connectivity index (χ1v) is 22.8. The Morgan fingerprint density at radius 2 is 1.77 bits per heavy atom. The van der Waals surface area contributed by atoms with Gasteiger partial charge in [-0.15, -0.1) is 0 Å². The molecule has 9 nitrogen and oxygen atoms in total. The van der Waals surface area contributed by atoms with Gasteiger partial charge in [0.1, 0.15) is 35.9 Å². The van der Waals surface area contributed by atoms with Crippen molar-refractivity contribution in [1.82, 2.24) is 28.9 Å². The van der Waals surface area contributed by atoms with E-state index in [0.29, 0.717) is 47.4 Å². The number of aromatic nitrogens is 4. The molecule has 5 heterocycles. The SMILES string of the molecule is C[C@H]1CCCN(Cc2nc3c(C4CC4)cn(-c4cc(-c5ccc(F)cc5C(=O)N5CC(F)C5)cc(C5CC5)n4)c(=O)c3n2COCC[Si](C)(C)C)C1. The minimum atomic E-state index is -1.33. The number of pyridine rings is 2. The lowest BCUT2D eigenvalue weighted by Gasteiger charge is -2.34. The van der Waals surface area contributed by atoms with Crippen LogP contribution in [0.4, 0.5) is 8.78 Å². The lowest BCUT2D eigenvalue weighted by atomic mass is 9.96. The van der Waals surface area contributed by atoms with Gasteiger partial charge in [0.15, 0.2) is 0 Å². The second-order valence-electron chi connectivity index (χ2n) is 16.9. The van der Waals surface area contributed by atoms with Crippen LogP contribution in [0, 0.1) is 11.7 Å². The van der Waals surface area contributed by atoms with Gasteiger partial charge in [0, 0.05) is 44.6 Å². The first-order chi connectivity index (χ1) is 24.9. The van der Waals surface area contributed by atoms with Crippen molar-refractivity contribution in [3.63, 3.8) is 0 Å². The fourth-order valence-electron chi connectivity index (χ4n) is 7.69. The van der Waals surface area contributed by atoms with Gasteiger partial charge >= 0.3 is 0 Å². The van der Waals surface area contributed by atoms with Gasteiger partial charge in [0.2, 0.25) is 0 Å². The molecule has 1 atom stereocenters. The number of rotatable bonds is 12. The predicted octanol–water partition coefficient (Wildman–Crippen LogP) is 7.48. The fraction of sp³-hybridized carbons (Fsp3) is 0.550. The first-order valence-electron chi connectivity index (χ1n) is 19.1. The van der Waals surface area contributed by atoms with Crippen LogP contribution in [0.5, 0.6) is 0 Å². The molecular weight excluding hydrogens is 679 g/mol. The highest BCUT2D eigenvalue weighted by atomic mass is 28.3. The molecule has 2 saturated heterocycles. The summed E-state index contributed by atoms with van der Waals surface area (Å²) in [6.07, 6.45) is 7.27. The molecule has 4 fully saturated rings. The number of halogens is 2. The Kier molecular flexibility index (Phi) is 9.44. The van der Waals surface area contributed by atoms with E-state index in [1.807, 2.05) is 22.9 Å². The number of alkyl halides is 1. The van der Waals surface area contributed by atoms with Crippen molar-refractivity contribution >= 4 is 25.0 Å². The molecule has 2 aliphatic carbocycles. The number of amides is 1. The maximum atomic E-state index is 14.9. The van der Waals surface area contributed by atoms with Crippen LogP contribution in [-0.2, 0) is 18.0 Å². The number of fused-ring (bicyclic) bond motifs is 1. The largest absolute Gasteiger partial charge is 0.361 e. The van der Waals surface area contributed by atoms with Crippen LogP contribution in [-0.4, -0.2) is 81.8 Å². The Balaban J connectivity index is 1.25. The summed E-state index contributed by atoms with van der Waals surface area (Å²) in [4.78, 5) is 42.5. The molecule has 0 radical (unpaired) electrons. The molecule has 276 valence electrons. The highest BCUT2D eigenvalue weighted by molar-refractivity contribution is 6.76. The molecule has 4 aromatic rings. The zero-order valence-corrected chi connectivity index (χ0v) is 31.8. The van der Waals surface area contributed by atoms with Crippen LogP contribution < -0.4 is 5.56 Å². The lowest BCUT2D eigenvalue weighted by molar-refractivity contribution is 0.0400. The van der Waals surface area contributed by atoms with E-state index in [1.54, 1.807) is 10.6 Å². The molecular formula is C40H50F2N6O3Si. The summed E-state index contributed by atoms with van der Waals surface area (Å²) in [5.41, 5.74) is 4.35. The number of likely N-dealkylation sites (tertiary alicyclic amines) is 2. The summed E-state index contributed by atoms with van der Waals surface area (Å²) >= 11 is 0. The minimum absolute atomic E-state index is 0.00261. The molecule has 12 heteroatoms. The monoisotopic (exact) mass is 728 g/mol. The van der Waals surface area contributed by atoms with Gasteiger partial charge in [-0.3, -0.25) is 23.6 Å². The summed E-state index contributed by atoms with van der Waals surface area (Å²) in [5.74, 6) is 1.53. The maximum Gasteiger partial charge on any atom is 0.282 e. The number of imidazole rings is 1. The molecule has 2 saturated carbocycles. The summed E-state index contributed by atoms with van der Waals surface area (Å²) in [6, 6.07) is 8.98. The van der Waals surface area contributed by atoms with Crippen LogP contribution in [0.3, 0.4) is 0 Å². The van der Waals surface area contributed by atoms with Crippen LogP contribution >= 0.6 is 0 Å². The third-order valence-corrected chi connectivity index (χ3v) is 12.8.